The van der Waals surface area contributed by atoms with Crippen molar-refractivity contribution in [3.8, 4) is 34.5 Å². The summed E-state index contributed by atoms with van der Waals surface area (Å²) in [6.07, 6.45) is -3.62. The summed E-state index contributed by atoms with van der Waals surface area (Å²) in [6, 6.07) is 102. The molecule has 0 radical (unpaired) electrons. The Morgan fingerprint density at radius 3 is 0.807 bits per heavy atom. The lowest BCUT2D eigenvalue weighted by atomic mass is 10.2. The number of rotatable bonds is 31. The molecule has 3 unspecified atom stereocenters. The number of ether oxygens (including phenoxy) is 5. The quantitative estimate of drug-likeness (QED) is 0.00343. The number of nitro groups is 2. The van der Waals surface area contributed by atoms with Crippen molar-refractivity contribution in [2.45, 2.75) is 89.9 Å². The fraction of sp³-hybridized carbons (Fsp3) is 0.141. The molecule has 696 valence electrons. The van der Waals surface area contributed by atoms with Gasteiger partial charge in [-0.05, 0) is 196 Å². The molecule has 13 aromatic rings. The molecule has 0 aliphatic rings. The van der Waals surface area contributed by atoms with Gasteiger partial charge in [0.05, 0.1) is 15.5 Å². The Labute approximate surface area is 778 Å². The lowest BCUT2D eigenvalue weighted by Gasteiger charge is -2.28. The lowest BCUT2D eigenvalue weighted by molar-refractivity contribution is -0.385. The molecule has 33 nitrogen and oxygen atoms in total. The highest BCUT2D eigenvalue weighted by atomic mass is 31.2. The van der Waals surface area contributed by atoms with Gasteiger partial charge >= 0.3 is 53.3 Å². The van der Waals surface area contributed by atoms with Crippen molar-refractivity contribution >= 4 is 88.2 Å². The molecule has 0 saturated carbocycles. The van der Waals surface area contributed by atoms with Crippen molar-refractivity contribution in [2.75, 3.05) is 5.73 Å². The molecule has 13 rings (SSSR count). The molecule has 0 aliphatic heterocycles. The van der Waals surface area contributed by atoms with E-state index in [1.54, 1.807) is 260 Å². The van der Waals surface area contributed by atoms with Crippen LogP contribution in [0.1, 0.15) is 103 Å². The van der Waals surface area contributed by atoms with Crippen LogP contribution in [0.4, 0.5) is 46.7 Å². The van der Waals surface area contributed by atoms with E-state index < -0.39 is 91.7 Å². The molecule has 36 heteroatoms. The smallest absolute Gasteiger partial charge is 0.445 e. The Balaban J connectivity index is 0.000000202. The van der Waals surface area contributed by atoms with Crippen LogP contribution in [0.2, 0.25) is 0 Å². The van der Waals surface area contributed by atoms with Crippen LogP contribution in [-0.2, 0) is 57.2 Å². The zero-order valence-electron chi connectivity index (χ0n) is 73.7. The number of alkyl carbamates (subject to hydrolysis) is 5. The third kappa shape index (κ3) is 34.1. The van der Waals surface area contributed by atoms with Crippen LogP contribution in [0.3, 0.4) is 0 Å². The average Bonchev–Trinajstić information content (AvgIpc) is 0.795. The SMILES string of the molecule is CC(C)(C)OC(=O)NC(=Nc1ccc(C(NC(=O)OCc2ccccc2)P(=O)(Oc2ccccc2)Oc2ccccc2)cc1)NC(=O)OC(C)(C)C.Nc1ccc(C(NC(=O)OCc2ccccc2)P(=O)(Oc2ccccc2)Oc2ccccc2)cc1.O=C(NC(c1ccc([N+](=O)[O-])cc1)P(=O)(Oc1ccccc1)Oc1ccccc1)OCc1ccccc1.O=Cc1ccc([N+](=O)[O-])cc1. The van der Waals surface area contributed by atoms with Gasteiger partial charge in [-0.3, -0.25) is 35.7 Å². The number of nitrogens with zero attached hydrogens (tertiary/aromatic N) is 3. The monoisotopic (exact) mass is 1890 g/mol. The first-order valence-corrected chi connectivity index (χ1v) is 46.3. The molecule has 0 fully saturated rings. The molecule has 5 amide bonds. The van der Waals surface area contributed by atoms with E-state index in [2.05, 4.69) is 31.6 Å². The number of carbonyl (C=O) groups excluding carboxylic acids is 6. The number of nitrogen functional groups attached to an aromatic ring is 1. The van der Waals surface area contributed by atoms with Crippen LogP contribution >= 0.6 is 22.8 Å². The van der Waals surface area contributed by atoms with Crippen molar-refractivity contribution < 1.29 is 103 Å². The number of hydrogen-bond donors (Lipinski definition) is 6. The second kappa shape index (κ2) is 49.6. The Bertz CT molecular complexity index is 6010. The van der Waals surface area contributed by atoms with Crippen molar-refractivity contribution in [3.63, 3.8) is 0 Å². The van der Waals surface area contributed by atoms with Crippen LogP contribution in [0.5, 0.6) is 34.5 Å². The van der Waals surface area contributed by atoms with Gasteiger partial charge in [0.15, 0.2) is 17.3 Å². The summed E-state index contributed by atoms with van der Waals surface area (Å²) < 4.78 is 106. The molecule has 135 heavy (non-hydrogen) atoms. The average molecular weight is 1890 g/mol. The number of carbonyl (C=O) groups is 6. The predicted octanol–water partition coefficient (Wildman–Crippen LogP) is 23.8. The number of nitro benzene ring substituents is 2. The molecule has 13 aromatic carbocycles. The fourth-order valence-electron chi connectivity index (χ4n) is 11.7. The van der Waals surface area contributed by atoms with Gasteiger partial charge in [0.25, 0.3) is 11.4 Å². The largest absolute Gasteiger partial charge is 0.457 e. The van der Waals surface area contributed by atoms with Crippen LogP contribution in [0.15, 0.2) is 375 Å². The predicted molar refractivity (Wildman–Crippen MR) is 507 cm³/mol. The van der Waals surface area contributed by atoms with E-state index in [4.69, 9.17) is 56.6 Å². The zero-order chi connectivity index (χ0) is 96.6. The van der Waals surface area contributed by atoms with E-state index in [1.807, 2.05) is 78.9 Å². The maximum absolute atomic E-state index is 14.9. The summed E-state index contributed by atoms with van der Waals surface area (Å²) in [5.41, 5.74) is 8.59. The summed E-state index contributed by atoms with van der Waals surface area (Å²) in [6.45, 7) is 10.1. The summed E-state index contributed by atoms with van der Waals surface area (Å²) in [5.74, 6) is -2.62. The molecule has 0 bridgehead atoms. The first kappa shape index (κ1) is 101. The molecular formula is C99H96N9O24P3. The van der Waals surface area contributed by atoms with Crippen LogP contribution in [0.25, 0.3) is 0 Å². The number of para-hydroxylation sites is 6. The third-order valence-corrected chi connectivity index (χ3v) is 23.8. The first-order chi connectivity index (χ1) is 64.7. The lowest BCUT2D eigenvalue weighted by Crippen LogP contribution is -2.47. The van der Waals surface area contributed by atoms with Crippen LogP contribution in [-0.4, -0.2) is 63.8 Å². The van der Waals surface area contributed by atoms with Crippen molar-refractivity contribution in [1.29, 1.82) is 0 Å². The van der Waals surface area contributed by atoms with Gasteiger partial charge in [0.2, 0.25) is 5.96 Å². The van der Waals surface area contributed by atoms with Crippen molar-refractivity contribution in [2.24, 2.45) is 4.99 Å². The normalized spacial score (nSPS) is 11.6. The number of nitrogens with two attached hydrogens (primary N) is 1. The highest BCUT2D eigenvalue weighted by molar-refractivity contribution is 7.55. The number of aldehydes is 1. The van der Waals surface area contributed by atoms with E-state index in [1.165, 1.54) is 72.8 Å². The number of anilines is 1. The maximum atomic E-state index is 14.9. The third-order valence-electron chi connectivity index (χ3n) is 17.8. The van der Waals surface area contributed by atoms with Gasteiger partial charge < -0.3 is 72.5 Å². The summed E-state index contributed by atoms with van der Waals surface area (Å²) in [5, 5.41) is 34.1. The second-order valence-electron chi connectivity index (χ2n) is 30.7. The molecule has 0 spiro atoms. The number of amides is 5. The topological polar surface area (TPSA) is 440 Å². The highest BCUT2D eigenvalue weighted by Gasteiger charge is 2.46. The Morgan fingerprint density at radius 1 is 0.341 bits per heavy atom. The first-order valence-electron chi connectivity index (χ1n) is 41.4. The number of benzene rings is 13. The van der Waals surface area contributed by atoms with Gasteiger partial charge in [0, 0.05) is 35.5 Å². The van der Waals surface area contributed by atoms with E-state index in [9.17, 15) is 62.7 Å². The number of nitrogens with one attached hydrogen (secondary N) is 5. The standard InChI is InChI=1S/C38H43N4O9P.C27H23N2O7P.C27H25N2O5P.C7H5NO3/c1-37(2,3)48-35(44)41-33(42-36(45)49-38(4,5)6)39-29-24-22-28(23-25-29)32(40-34(43)47-26-27-16-10-7-11-17-27)52(46,50-30-18-12-8-13-19-30)51-31-20-14-9-15-21-31;30-27(34-20-21-10-4-1-5-11-21)28-26(22-16-18-23(19-17-22)29(31)32)37(33,35-24-12-6-2-7-13-24)36-25-14-8-3-9-15-25;28-23-18-16-22(17-19-23)26(29-27(30)32-20-21-10-4-1-5-11-21)35(31,33-24-12-6-2-7-13-24)34-25-14-8-3-9-15-25;9-5-6-1-3-7(4-2-6)8(10)11/h7-25,32H,26H2,1-6H3,(H,40,43)(H2,39,41,42,44,45);1-19,26H,20H2,(H,28,30);1-19,26H,20,28H2,(H,29,30);1-5H. The molecular weight excluding hydrogens is 1790 g/mol. The number of non-ortho nitro benzene ring substituents is 2. The van der Waals surface area contributed by atoms with Crippen molar-refractivity contribution in [3.05, 3.63) is 429 Å². The Kier molecular flexibility index (Phi) is 37.0. The maximum Gasteiger partial charge on any atom is 0.457 e. The van der Waals surface area contributed by atoms with Crippen molar-refractivity contribution in [1.82, 2.24) is 26.6 Å². The van der Waals surface area contributed by atoms with E-state index in [-0.39, 0.29) is 71.4 Å². The second-order valence-corrected chi connectivity index (χ2v) is 36.5. The summed E-state index contributed by atoms with van der Waals surface area (Å²) in [7, 11) is -12.7. The summed E-state index contributed by atoms with van der Waals surface area (Å²) in [4.78, 5) is 98.9. The Hall–Kier alpha value is -16.4. The van der Waals surface area contributed by atoms with Gasteiger partial charge in [-0.25, -0.2) is 42.7 Å². The number of guanidine groups is 1. The molecule has 0 heterocycles. The molecule has 0 saturated heterocycles. The van der Waals surface area contributed by atoms with Crippen LogP contribution in [0, 0.1) is 20.2 Å². The minimum atomic E-state index is -4.36. The molecule has 7 N–H and O–H groups in total. The highest BCUT2D eigenvalue weighted by Crippen LogP contribution is 2.62. The van der Waals surface area contributed by atoms with Gasteiger partial charge in [-0.15, -0.1) is 0 Å². The van der Waals surface area contributed by atoms with Gasteiger partial charge in [-0.1, -0.05) is 224 Å². The van der Waals surface area contributed by atoms with Gasteiger partial charge in [-0.2, -0.15) is 0 Å². The fourth-order valence-corrected chi connectivity index (χ4v) is 17.3. The van der Waals surface area contributed by atoms with Crippen LogP contribution < -0.4 is 59.5 Å². The molecule has 3 atom stereocenters. The number of hydrogen-bond acceptors (Lipinski definition) is 26. The molecule has 0 aromatic heterocycles. The summed E-state index contributed by atoms with van der Waals surface area (Å²) >= 11 is 0. The van der Waals surface area contributed by atoms with E-state index >= 15 is 0 Å². The van der Waals surface area contributed by atoms with E-state index in [0.29, 0.717) is 40.2 Å². The number of aliphatic imine (C=N–C) groups is 1. The minimum Gasteiger partial charge on any atom is -0.445 e. The minimum absolute atomic E-state index is 0.00407. The van der Waals surface area contributed by atoms with E-state index in [0.717, 1.165) is 16.7 Å². The zero-order valence-corrected chi connectivity index (χ0v) is 76.4. The van der Waals surface area contributed by atoms with Gasteiger partial charge in [0.1, 0.15) is 71.8 Å². The Morgan fingerprint density at radius 2 is 0.570 bits per heavy atom. The molecule has 0 aliphatic carbocycles.